The van der Waals surface area contributed by atoms with Crippen molar-refractivity contribution in [1.29, 1.82) is 0 Å². The lowest BCUT2D eigenvalue weighted by Crippen LogP contribution is -2.60. The van der Waals surface area contributed by atoms with Gasteiger partial charge in [-0.2, -0.15) is 0 Å². The normalized spacial score (nSPS) is 27.5. The van der Waals surface area contributed by atoms with E-state index in [1.807, 2.05) is 27.7 Å². The topological polar surface area (TPSA) is 167 Å². The van der Waals surface area contributed by atoms with E-state index in [0.717, 1.165) is 38.5 Å². The van der Waals surface area contributed by atoms with Crippen LogP contribution >= 0.6 is 0 Å². The van der Waals surface area contributed by atoms with E-state index < -0.39 is 54.3 Å². The summed E-state index contributed by atoms with van der Waals surface area (Å²) in [5.74, 6) is -2.48. The lowest BCUT2D eigenvalue weighted by atomic mass is 9.90. The second-order valence-corrected chi connectivity index (χ2v) is 15.4. The molecule has 0 saturated carbocycles. The molecule has 2 saturated heterocycles. The average Bonchev–Trinajstić information content (AvgIpc) is 3.58. The number of nitrogens with zero attached hydrogens (tertiary/aromatic N) is 2. The number of methoxy groups -OCH3 is 2. The third-order valence-electron chi connectivity index (χ3n) is 11.4. The predicted molar refractivity (Wildman–Crippen MR) is 197 cm³/mol. The van der Waals surface area contributed by atoms with E-state index in [2.05, 4.69) is 22.9 Å². The fraction of sp³-hybridized carbons (Fsp3) is 0.868. The van der Waals surface area contributed by atoms with Gasteiger partial charge in [-0.1, -0.05) is 80.1 Å². The lowest BCUT2D eigenvalue weighted by molar-refractivity contribution is -0.150. The number of likely N-dealkylation sites (tertiary alicyclic amines) is 1. The van der Waals surface area contributed by atoms with Gasteiger partial charge in [-0.25, -0.2) is 0 Å². The molecular formula is C38H69N5O8. The number of ether oxygens (including phenoxy) is 2. The monoisotopic (exact) mass is 724 g/mol. The molecule has 4 N–H and O–H groups in total. The molecule has 2 aliphatic heterocycles. The van der Waals surface area contributed by atoms with Crippen molar-refractivity contribution in [2.24, 2.45) is 23.7 Å². The molecular weight excluding hydrogens is 654 g/mol. The number of likely N-dealkylation sites (N-methyl/N-ethyl adjacent to an activating group) is 2. The quantitative estimate of drug-likeness (QED) is 0.210. The van der Waals surface area contributed by atoms with Crippen LogP contribution in [-0.2, 0) is 33.4 Å². The summed E-state index contributed by atoms with van der Waals surface area (Å²) in [6.07, 6.45) is 6.28. The second-order valence-electron chi connectivity index (χ2n) is 15.4. The van der Waals surface area contributed by atoms with Crippen molar-refractivity contribution in [1.82, 2.24) is 25.8 Å². The Bertz CT molecular complexity index is 1140. The van der Waals surface area contributed by atoms with Gasteiger partial charge in [0, 0.05) is 27.8 Å². The number of rotatable bonds is 14. The van der Waals surface area contributed by atoms with Crippen LogP contribution in [0.4, 0.5) is 0 Å². The zero-order valence-corrected chi connectivity index (χ0v) is 33.0. The highest BCUT2D eigenvalue weighted by atomic mass is 16.5. The molecule has 0 aromatic carbocycles. The first-order chi connectivity index (χ1) is 24.1. The summed E-state index contributed by atoms with van der Waals surface area (Å²) in [5.41, 5.74) is 0. The molecule has 4 amide bonds. The number of carbonyl (C=O) groups excluding carboxylic acids is 4. The summed E-state index contributed by atoms with van der Waals surface area (Å²) in [5, 5.41) is 18.6. The van der Waals surface area contributed by atoms with Gasteiger partial charge in [0.1, 0.15) is 12.1 Å². The van der Waals surface area contributed by atoms with Gasteiger partial charge in [-0.05, 0) is 50.5 Å². The van der Waals surface area contributed by atoms with Crippen LogP contribution in [0, 0.1) is 23.7 Å². The molecule has 294 valence electrons. The number of hydrogen-bond acceptors (Lipinski definition) is 8. The van der Waals surface area contributed by atoms with Crippen LogP contribution < -0.4 is 16.0 Å². The van der Waals surface area contributed by atoms with E-state index in [9.17, 15) is 29.1 Å². The molecule has 0 aliphatic carbocycles. The summed E-state index contributed by atoms with van der Waals surface area (Å²) >= 11 is 0. The van der Waals surface area contributed by atoms with Crippen LogP contribution in [0.2, 0.25) is 0 Å². The highest BCUT2D eigenvalue weighted by molar-refractivity contribution is 5.93. The van der Waals surface area contributed by atoms with Crippen LogP contribution in [0.15, 0.2) is 0 Å². The van der Waals surface area contributed by atoms with E-state index in [1.54, 1.807) is 33.0 Å². The van der Waals surface area contributed by atoms with Crippen molar-refractivity contribution in [3.8, 4) is 0 Å². The minimum Gasteiger partial charge on any atom is -0.481 e. The van der Waals surface area contributed by atoms with Crippen molar-refractivity contribution >= 4 is 29.6 Å². The molecule has 10 atom stereocenters. The minimum atomic E-state index is -1.01. The number of hydrogen-bond donors (Lipinski definition) is 4. The third-order valence-corrected chi connectivity index (χ3v) is 11.4. The van der Waals surface area contributed by atoms with E-state index in [4.69, 9.17) is 9.47 Å². The first-order valence-corrected chi connectivity index (χ1v) is 19.3. The number of carboxylic acid groups (broad SMARTS) is 1. The van der Waals surface area contributed by atoms with Crippen LogP contribution in [0.5, 0.6) is 0 Å². The van der Waals surface area contributed by atoms with Crippen LogP contribution in [0.25, 0.3) is 0 Å². The molecule has 51 heavy (non-hydrogen) atoms. The maximum Gasteiger partial charge on any atom is 0.306 e. The molecule has 2 heterocycles. The number of carbonyl (C=O) groups is 5. The van der Waals surface area contributed by atoms with Gasteiger partial charge in [0.25, 0.3) is 0 Å². The fourth-order valence-electron chi connectivity index (χ4n) is 7.80. The number of nitrogens with one attached hydrogen (secondary N) is 3. The van der Waals surface area contributed by atoms with Crippen molar-refractivity contribution in [2.45, 2.75) is 155 Å². The summed E-state index contributed by atoms with van der Waals surface area (Å²) in [6.45, 7) is 12.2. The van der Waals surface area contributed by atoms with Crippen molar-refractivity contribution < 1.29 is 38.6 Å². The van der Waals surface area contributed by atoms with Gasteiger partial charge in [-0.3, -0.25) is 24.0 Å². The van der Waals surface area contributed by atoms with E-state index in [-0.39, 0.29) is 41.9 Å². The van der Waals surface area contributed by atoms with Gasteiger partial charge in [-0.15, -0.1) is 0 Å². The largest absolute Gasteiger partial charge is 0.481 e. The molecule has 2 aliphatic rings. The standard InChI is InChI=1S/C38H69N5O8/c1-11-25(5)33(30(50-9)22-31(44)45)41-35(46)26(6)34(51-10)28-20-15-21-43(28)37(48)29-19-14-17-24(4)16-12-13-18-27(39-7)36(47)40-32(23(2)3)38(49)42(29)8/h23-30,32-34,39H,11-22H2,1-10H3,(H,40,47)(H,41,46)(H,44,45)/t24-,25+,26-,27+,28+,29+,30-,32+,33+,34-/m1/s1. The van der Waals surface area contributed by atoms with Crippen molar-refractivity contribution in [3.05, 3.63) is 0 Å². The Morgan fingerprint density at radius 3 is 2.18 bits per heavy atom. The highest BCUT2D eigenvalue weighted by Crippen LogP contribution is 2.30. The van der Waals surface area contributed by atoms with Crippen molar-refractivity contribution in [2.75, 3.05) is 34.9 Å². The molecule has 0 aromatic heterocycles. The predicted octanol–water partition coefficient (Wildman–Crippen LogP) is 3.59. The molecule has 13 heteroatoms. The first-order valence-electron chi connectivity index (χ1n) is 19.3. The Morgan fingerprint density at radius 2 is 1.61 bits per heavy atom. The second kappa shape index (κ2) is 21.7. The number of carboxylic acids is 1. The molecule has 0 radical (unpaired) electrons. The number of amides is 4. The molecule has 2 fully saturated rings. The Hall–Kier alpha value is -2.77. The van der Waals surface area contributed by atoms with Gasteiger partial charge < -0.3 is 40.3 Å². The average molecular weight is 724 g/mol. The summed E-state index contributed by atoms with van der Waals surface area (Å²) in [4.78, 5) is 70.8. The number of aliphatic carboxylic acids is 1. The highest BCUT2D eigenvalue weighted by Gasteiger charge is 2.44. The third kappa shape index (κ3) is 12.4. The van der Waals surface area contributed by atoms with Gasteiger partial charge in [0.05, 0.1) is 42.7 Å². The maximum absolute atomic E-state index is 14.6. The van der Waals surface area contributed by atoms with Crippen LogP contribution in [-0.4, -0.2) is 122 Å². The van der Waals surface area contributed by atoms with Crippen molar-refractivity contribution in [3.63, 3.8) is 0 Å². The molecule has 2 rings (SSSR count). The molecule has 0 spiro atoms. The smallest absolute Gasteiger partial charge is 0.306 e. The Kier molecular flexibility index (Phi) is 18.9. The molecule has 0 bridgehead atoms. The van der Waals surface area contributed by atoms with Gasteiger partial charge >= 0.3 is 5.97 Å². The van der Waals surface area contributed by atoms with Crippen LogP contribution in [0.3, 0.4) is 0 Å². The van der Waals surface area contributed by atoms with E-state index in [1.165, 1.54) is 12.0 Å². The summed E-state index contributed by atoms with van der Waals surface area (Å²) < 4.78 is 11.5. The minimum absolute atomic E-state index is 0.0467. The van der Waals surface area contributed by atoms with Crippen LogP contribution in [0.1, 0.15) is 112 Å². The zero-order valence-electron chi connectivity index (χ0n) is 33.0. The SMILES string of the molecule is CC[C@H](C)[C@H](NC(=O)[C@H](C)[C@@H](OC)[C@@H]1CCCN1C(=O)[C@@H]1CCC[C@H](C)CCCC[C@H](NC)C(=O)N[C@@H](C(C)C)C(=O)N1C)[C@@H](CC(=O)O)OC. The lowest BCUT2D eigenvalue weighted by Gasteiger charge is -2.39. The summed E-state index contributed by atoms with van der Waals surface area (Å²) in [6, 6.07) is -2.88. The van der Waals surface area contributed by atoms with Gasteiger partial charge in [0.15, 0.2) is 0 Å². The first kappa shape index (κ1) is 44.4. The van der Waals surface area contributed by atoms with E-state index >= 15 is 0 Å². The molecule has 0 unspecified atom stereocenters. The Morgan fingerprint density at radius 1 is 0.961 bits per heavy atom. The summed E-state index contributed by atoms with van der Waals surface area (Å²) in [7, 11) is 6.42. The molecule has 13 nitrogen and oxygen atoms in total. The van der Waals surface area contributed by atoms with Gasteiger partial charge in [0.2, 0.25) is 23.6 Å². The fourth-order valence-corrected chi connectivity index (χ4v) is 7.80. The van der Waals surface area contributed by atoms with E-state index in [0.29, 0.717) is 38.1 Å². The zero-order chi connectivity index (χ0) is 38.4. The maximum atomic E-state index is 14.6. The Labute approximate surface area is 306 Å². The molecule has 0 aromatic rings. The Balaban J connectivity index is 2.39.